The molecule has 4 nitrogen and oxygen atoms in total. The first kappa shape index (κ1) is 11.9. The number of Topliss-reactive ketones (excluding diaryl/α,β-unsaturated/α-hetero) is 1. The van der Waals surface area contributed by atoms with Crippen LogP contribution in [-0.2, 0) is 11.2 Å². The van der Waals surface area contributed by atoms with Crippen molar-refractivity contribution in [1.82, 2.24) is 5.32 Å². The number of carbonyl (C=O) groups excluding carboxylic acids is 1. The Morgan fingerprint density at radius 1 is 1.35 bits per heavy atom. The number of methoxy groups -OCH3 is 2. The van der Waals surface area contributed by atoms with Gasteiger partial charge in [0.2, 0.25) is 0 Å². The molecule has 1 atom stereocenters. The molecular formula is C13H17NO3. The molecule has 1 saturated heterocycles. The molecule has 17 heavy (non-hydrogen) atoms. The number of rotatable bonds is 4. The maximum Gasteiger partial charge on any atom is 0.163 e. The van der Waals surface area contributed by atoms with Crippen LogP contribution in [0.1, 0.15) is 12.0 Å². The Bertz CT molecular complexity index is 417. The van der Waals surface area contributed by atoms with Crippen molar-refractivity contribution in [1.29, 1.82) is 0 Å². The van der Waals surface area contributed by atoms with E-state index >= 15 is 0 Å². The van der Waals surface area contributed by atoms with Gasteiger partial charge in [-0.15, -0.1) is 0 Å². The van der Waals surface area contributed by atoms with E-state index in [0.29, 0.717) is 18.6 Å². The zero-order valence-electron chi connectivity index (χ0n) is 10.2. The van der Waals surface area contributed by atoms with E-state index in [1.165, 1.54) is 0 Å². The maximum absolute atomic E-state index is 11.6. The minimum atomic E-state index is -0.0870. The monoisotopic (exact) mass is 235 g/mol. The van der Waals surface area contributed by atoms with Crippen LogP contribution < -0.4 is 14.8 Å². The molecule has 1 aliphatic rings. The summed E-state index contributed by atoms with van der Waals surface area (Å²) in [5.74, 6) is 1.70. The molecular weight excluding hydrogens is 218 g/mol. The van der Waals surface area contributed by atoms with Gasteiger partial charge in [0.1, 0.15) is 0 Å². The van der Waals surface area contributed by atoms with Gasteiger partial charge in [0.15, 0.2) is 17.3 Å². The Labute approximate surface area is 101 Å². The molecule has 0 amide bonds. The highest BCUT2D eigenvalue weighted by molar-refractivity contribution is 5.86. The van der Waals surface area contributed by atoms with Crippen LogP contribution in [0.4, 0.5) is 0 Å². The fraction of sp³-hybridized carbons (Fsp3) is 0.462. The van der Waals surface area contributed by atoms with E-state index in [1.807, 2.05) is 18.2 Å². The summed E-state index contributed by atoms with van der Waals surface area (Å²) in [5.41, 5.74) is 1.000. The van der Waals surface area contributed by atoms with Crippen molar-refractivity contribution in [2.75, 3.05) is 20.8 Å². The molecule has 2 rings (SSSR count). The lowest BCUT2D eigenvalue weighted by Gasteiger charge is -2.15. The number of ketones is 1. The molecule has 0 saturated carbocycles. The third kappa shape index (κ3) is 2.42. The van der Waals surface area contributed by atoms with E-state index in [2.05, 4.69) is 5.32 Å². The van der Waals surface area contributed by atoms with Crippen molar-refractivity contribution in [3.8, 4) is 11.5 Å². The molecule has 1 fully saturated rings. The topological polar surface area (TPSA) is 47.6 Å². The SMILES string of the molecule is COc1cccc(CC2NCCC2=O)c1OC. The predicted molar refractivity (Wildman–Crippen MR) is 64.7 cm³/mol. The molecule has 1 heterocycles. The fourth-order valence-corrected chi connectivity index (χ4v) is 2.18. The summed E-state index contributed by atoms with van der Waals surface area (Å²) in [7, 11) is 3.23. The quantitative estimate of drug-likeness (QED) is 0.851. The average molecular weight is 235 g/mol. The number of hydrogen-bond donors (Lipinski definition) is 1. The first-order valence-corrected chi connectivity index (χ1v) is 5.72. The Morgan fingerprint density at radius 3 is 2.76 bits per heavy atom. The molecule has 0 aliphatic carbocycles. The lowest BCUT2D eigenvalue weighted by molar-refractivity contribution is -0.118. The smallest absolute Gasteiger partial charge is 0.163 e. The summed E-state index contributed by atoms with van der Waals surface area (Å²) in [6.07, 6.45) is 1.27. The van der Waals surface area contributed by atoms with E-state index in [4.69, 9.17) is 9.47 Å². The molecule has 1 N–H and O–H groups in total. The molecule has 1 unspecified atom stereocenters. The van der Waals surface area contributed by atoms with Crippen LogP contribution >= 0.6 is 0 Å². The van der Waals surface area contributed by atoms with Crippen molar-refractivity contribution in [2.24, 2.45) is 0 Å². The van der Waals surface area contributed by atoms with Gasteiger partial charge in [-0.3, -0.25) is 4.79 Å². The number of nitrogens with one attached hydrogen (secondary N) is 1. The van der Waals surface area contributed by atoms with Gasteiger partial charge in [-0.05, 0) is 18.1 Å². The number of ether oxygens (including phenoxy) is 2. The van der Waals surface area contributed by atoms with E-state index in [-0.39, 0.29) is 11.8 Å². The standard InChI is InChI=1S/C13H17NO3/c1-16-12-5-3-4-9(13(12)17-2)8-10-11(15)6-7-14-10/h3-5,10,14H,6-8H2,1-2H3. The van der Waals surface area contributed by atoms with Gasteiger partial charge in [-0.25, -0.2) is 0 Å². The Balaban J connectivity index is 2.22. The minimum Gasteiger partial charge on any atom is -0.493 e. The van der Waals surface area contributed by atoms with E-state index in [9.17, 15) is 4.79 Å². The molecule has 0 aromatic heterocycles. The van der Waals surface area contributed by atoms with Crippen LogP contribution in [0.2, 0.25) is 0 Å². The van der Waals surface area contributed by atoms with Gasteiger partial charge in [0.25, 0.3) is 0 Å². The zero-order valence-corrected chi connectivity index (χ0v) is 10.2. The number of hydrogen-bond acceptors (Lipinski definition) is 4. The molecule has 0 spiro atoms. The van der Waals surface area contributed by atoms with E-state index in [0.717, 1.165) is 17.9 Å². The summed E-state index contributed by atoms with van der Waals surface area (Å²) >= 11 is 0. The van der Waals surface area contributed by atoms with Crippen LogP contribution in [0.5, 0.6) is 11.5 Å². The van der Waals surface area contributed by atoms with Gasteiger partial charge in [0, 0.05) is 13.0 Å². The average Bonchev–Trinajstić information content (AvgIpc) is 2.74. The highest BCUT2D eigenvalue weighted by Crippen LogP contribution is 2.31. The Morgan fingerprint density at radius 2 is 2.18 bits per heavy atom. The molecule has 1 aromatic carbocycles. The van der Waals surface area contributed by atoms with Crippen LogP contribution in [0.25, 0.3) is 0 Å². The van der Waals surface area contributed by atoms with E-state index in [1.54, 1.807) is 14.2 Å². The summed E-state index contributed by atoms with van der Waals surface area (Å²) in [6, 6.07) is 5.65. The minimum absolute atomic E-state index is 0.0870. The van der Waals surface area contributed by atoms with Crippen LogP contribution in [0, 0.1) is 0 Å². The second-order valence-corrected chi connectivity index (χ2v) is 4.08. The zero-order chi connectivity index (χ0) is 12.3. The van der Waals surface area contributed by atoms with Crippen molar-refractivity contribution in [3.05, 3.63) is 23.8 Å². The van der Waals surface area contributed by atoms with Crippen LogP contribution in [-0.4, -0.2) is 32.6 Å². The van der Waals surface area contributed by atoms with Gasteiger partial charge < -0.3 is 14.8 Å². The highest BCUT2D eigenvalue weighted by atomic mass is 16.5. The molecule has 1 aromatic rings. The van der Waals surface area contributed by atoms with Crippen molar-refractivity contribution in [2.45, 2.75) is 18.9 Å². The Kier molecular flexibility index (Phi) is 3.64. The molecule has 0 radical (unpaired) electrons. The van der Waals surface area contributed by atoms with Crippen LogP contribution in [0.15, 0.2) is 18.2 Å². The predicted octanol–water partition coefficient (Wildman–Crippen LogP) is 1.18. The third-order valence-corrected chi connectivity index (χ3v) is 3.06. The van der Waals surface area contributed by atoms with Crippen LogP contribution in [0.3, 0.4) is 0 Å². The highest BCUT2D eigenvalue weighted by Gasteiger charge is 2.25. The first-order valence-electron chi connectivity index (χ1n) is 5.72. The number of benzene rings is 1. The van der Waals surface area contributed by atoms with Gasteiger partial charge in [-0.1, -0.05) is 12.1 Å². The van der Waals surface area contributed by atoms with Crippen molar-refractivity contribution < 1.29 is 14.3 Å². The largest absolute Gasteiger partial charge is 0.493 e. The Hall–Kier alpha value is -1.55. The normalized spacial score (nSPS) is 19.4. The molecule has 92 valence electrons. The first-order chi connectivity index (χ1) is 8.26. The summed E-state index contributed by atoms with van der Waals surface area (Å²) in [6.45, 7) is 0.774. The van der Waals surface area contributed by atoms with Gasteiger partial charge >= 0.3 is 0 Å². The molecule has 4 heteroatoms. The van der Waals surface area contributed by atoms with Crippen molar-refractivity contribution >= 4 is 5.78 Å². The third-order valence-electron chi connectivity index (χ3n) is 3.06. The summed E-state index contributed by atoms with van der Waals surface area (Å²) in [4.78, 5) is 11.6. The second kappa shape index (κ2) is 5.19. The van der Waals surface area contributed by atoms with Gasteiger partial charge in [0.05, 0.1) is 20.3 Å². The lowest BCUT2D eigenvalue weighted by Crippen LogP contribution is -2.29. The number of carbonyl (C=O) groups is 1. The summed E-state index contributed by atoms with van der Waals surface area (Å²) < 4.78 is 10.6. The van der Waals surface area contributed by atoms with E-state index < -0.39 is 0 Å². The second-order valence-electron chi connectivity index (χ2n) is 4.08. The summed E-state index contributed by atoms with van der Waals surface area (Å²) in [5, 5.41) is 3.20. The van der Waals surface area contributed by atoms with Gasteiger partial charge in [-0.2, -0.15) is 0 Å². The fourth-order valence-electron chi connectivity index (χ4n) is 2.18. The maximum atomic E-state index is 11.6. The molecule has 1 aliphatic heterocycles. The van der Waals surface area contributed by atoms with Crippen molar-refractivity contribution in [3.63, 3.8) is 0 Å². The molecule has 0 bridgehead atoms. The number of para-hydroxylation sites is 1. The lowest BCUT2D eigenvalue weighted by atomic mass is 10.0.